The molecule has 0 aliphatic carbocycles. The Morgan fingerprint density at radius 1 is 0.824 bits per heavy atom. The average molecular weight is 447 g/mol. The molecule has 0 aliphatic rings. The molecule has 0 radical (unpaired) electrons. The lowest BCUT2D eigenvalue weighted by Crippen LogP contribution is -1.97. The van der Waals surface area contributed by atoms with Crippen LogP contribution in [0.4, 0.5) is 10.2 Å². The molecule has 0 aliphatic heterocycles. The number of aromatic nitrogens is 6. The third-order valence-corrected chi connectivity index (χ3v) is 5.83. The summed E-state index contributed by atoms with van der Waals surface area (Å²) in [6.45, 7) is 0. The van der Waals surface area contributed by atoms with E-state index in [1.54, 1.807) is 47.7 Å². The van der Waals surface area contributed by atoms with E-state index in [0.717, 1.165) is 32.8 Å². The van der Waals surface area contributed by atoms with Crippen molar-refractivity contribution >= 4 is 27.6 Å². The second-order valence-corrected chi connectivity index (χ2v) is 7.98. The van der Waals surface area contributed by atoms with Crippen molar-refractivity contribution in [2.75, 3.05) is 5.73 Å². The highest BCUT2D eigenvalue weighted by Crippen LogP contribution is 2.36. The van der Waals surface area contributed by atoms with Crippen LogP contribution in [0, 0.1) is 5.82 Å². The Labute approximate surface area is 193 Å². The van der Waals surface area contributed by atoms with E-state index in [2.05, 4.69) is 20.1 Å². The number of benzene rings is 1. The monoisotopic (exact) mass is 447 g/mol. The molecule has 8 heteroatoms. The van der Waals surface area contributed by atoms with Crippen LogP contribution in [0.5, 0.6) is 0 Å². The summed E-state index contributed by atoms with van der Waals surface area (Å²) in [7, 11) is 1.87. The molecule has 0 bridgehead atoms. The van der Waals surface area contributed by atoms with Crippen LogP contribution in [0.25, 0.3) is 55.4 Å². The molecule has 5 aromatic heterocycles. The summed E-state index contributed by atoms with van der Waals surface area (Å²) in [5.41, 5.74) is 10.8. The van der Waals surface area contributed by atoms with Crippen molar-refractivity contribution in [2.24, 2.45) is 7.05 Å². The zero-order valence-electron chi connectivity index (χ0n) is 18.1. The minimum atomic E-state index is -0.355. The van der Waals surface area contributed by atoms with Gasteiger partial charge in [-0.1, -0.05) is 12.1 Å². The number of fused-ring (bicyclic) bond motifs is 2. The van der Waals surface area contributed by atoms with E-state index in [-0.39, 0.29) is 5.82 Å². The summed E-state index contributed by atoms with van der Waals surface area (Å²) in [5.74, 6) is 0.0645. The van der Waals surface area contributed by atoms with Gasteiger partial charge in [-0.05, 0) is 36.4 Å². The lowest BCUT2D eigenvalue weighted by molar-refractivity contribution is 0.631. The Morgan fingerprint density at radius 3 is 2.47 bits per heavy atom. The molecule has 34 heavy (non-hydrogen) atoms. The minimum Gasteiger partial charge on any atom is -0.383 e. The molecule has 0 amide bonds. The van der Waals surface area contributed by atoms with Gasteiger partial charge in [0.2, 0.25) is 0 Å². The molecule has 6 aromatic rings. The Morgan fingerprint density at radius 2 is 1.65 bits per heavy atom. The SMILES string of the molecule is Cn1cc(-c2cnc3nc(-c4ccccc4F)cc(-c4nccc5c(N)nccc45)c3c2)cn1. The maximum absolute atomic E-state index is 14.7. The van der Waals surface area contributed by atoms with Crippen molar-refractivity contribution < 1.29 is 4.39 Å². The van der Waals surface area contributed by atoms with Gasteiger partial charge in [0.15, 0.2) is 5.65 Å². The molecular formula is C26H18FN7. The van der Waals surface area contributed by atoms with Crippen LogP contribution in [-0.2, 0) is 7.05 Å². The van der Waals surface area contributed by atoms with Gasteiger partial charge in [-0.2, -0.15) is 5.10 Å². The van der Waals surface area contributed by atoms with E-state index < -0.39 is 0 Å². The first-order chi connectivity index (χ1) is 16.6. The van der Waals surface area contributed by atoms with Gasteiger partial charge in [0.1, 0.15) is 11.6 Å². The molecule has 2 N–H and O–H groups in total. The number of rotatable bonds is 3. The maximum atomic E-state index is 14.7. The average Bonchev–Trinajstić information content (AvgIpc) is 3.29. The van der Waals surface area contributed by atoms with Crippen LogP contribution in [0.3, 0.4) is 0 Å². The third-order valence-electron chi connectivity index (χ3n) is 5.83. The Bertz CT molecular complexity index is 1710. The highest BCUT2D eigenvalue weighted by molar-refractivity contribution is 6.06. The van der Waals surface area contributed by atoms with Crippen LogP contribution in [0.2, 0.25) is 0 Å². The largest absolute Gasteiger partial charge is 0.383 e. The molecule has 6 rings (SSSR count). The molecule has 0 atom stereocenters. The number of nitrogens with zero attached hydrogens (tertiary/aromatic N) is 6. The number of pyridine rings is 4. The molecule has 164 valence electrons. The molecule has 1 aromatic carbocycles. The zero-order chi connectivity index (χ0) is 23.2. The molecule has 0 unspecified atom stereocenters. The minimum absolute atomic E-state index is 0.355. The Kier molecular flexibility index (Phi) is 4.51. The molecule has 7 nitrogen and oxygen atoms in total. The quantitative estimate of drug-likeness (QED) is 0.409. The Balaban J connectivity index is 1.69. The van der Waals surface area contributed by atoms with Gasteiger partial charge in [-0.25, -0.2) is 19.3 Å². The predicted octanol–water partition coefficient (Wildman–Crippen LogP) is 5.03. The van der Waals surface area contributed by atoms with E-state index in [9.17, 15) is 4.39 Å². The number of halogens is 1. The molecule has 5 heterocycles. The third kappa shape index (κ3) is 3.24. The van der Waals surface area contributed by atoms with Gasteiger partial charge in [-0.3, -0.25) is 9.67 Å². The topological polar surface area (TPSA) is 95.4 Å². The van der Waals surface area contributed by atoms with Crippen molar-refractivity contribution in [2.45, 2.75) is 0 Å². The summed E-state index contributed by atoms with van der Waals surface area (Å²) in [6, 6.07) is 14.1. The number of hydrogen-bond acceptors (Lipinski definition) is 6. The fraction of sp³-hybridized carbons (Fsp3) is 0.0385. The fourth-order valence-corrected chi connectivity index (χ4v) is 4.18. The lowest BCUT2D eigenvalue weighted by atomic mass is 9.98. The summed E-state index contributed by atoms with van der Waals surface area (Å²) >= 11 is 0. The predicted molar refractivity (Wildman–Crippen MR) is 130 cm³/mol. The second kappa shape index (κ2) is 7.70. The molecular weight excluding hydrogens is 429 g/mol. The lowest BCUT2D eigenvalue weighted by Gasteiger charge is -2.13. The van der Waals surface area contributed by atoms with Crippen molar-refractivity contribution in [1.29, 1.82) is 0 Å². The van der Waals surface area contributed by atoms with Gasteiger partial charge in [-0.15, -0.1) is 0 Å². The first-order valence-corrected chi connectivity index (χ1v) is 10.6. The number of nitrogens with two attached hydrogens (primary N) is 1. The standard InChI is InChI=1S/C26H18FN7/c1-34-14-16(13-32-34)15-10-21-20(24-17-6-9-30-25(28)18(17)7-8-29-24)11-23(33-26(21)31-12-15)19-4-2-3-5-22(19)27/h2-14H,1H3,(H2,28,30). The molecule has 0 spiro atoms. The van der Waals surface area contributed by atoms with Gasteiger partial charge >= 0.3 is 0 Å². The normalized spacial score (nSPS) is 11.4. The summed E-state index contributed by atoms with van der Waals surface area (Å²) in [5, 5.41) is 6.69. The van der Waals surface area contributed by atoms with E-state index in [1.807, 2.05) is 37.5 Å². The first-order valence-electron chi connectivity index (χ1n) is 10.6. The fourth-order valence-electron chi connectivity index (χ4n) is 4.18. The summed E-state index contributed by atoms with van der Waals surface area (Å²) < 4.78 is 16.4. The van der Waals surface area contributed by atoms with Crippen LogP contribution in [-0.4, -0.2) is 29.7 Å². The maximum Gasteiger partial charge on any atom is 0.160 e. The van der Waals surface area contributed by atoms with Crippen molar-refractivity contribution in [3.63, 3.8) is 0 Å². The summed E-state index contributed by atoms with van der Waals surface area (Å²) in [4.78, 5) is 18.2. The van der Waals surface area contributed by atoms with E-state index in [4.69, 9.17) is 10.7 Å². The van der Waals surface area contributed by atoms with Crippen LogP contribution in [0.15, 0.2) is 79.5 Å². The van der Waals surface area contributed by atoms with Gasteiger partial charge in [0.05, 0.1) is 17.6 Å². The number of nitrogen functional groups attached to an aromatic ring is 1. The number of aryl methyl sites for hydroxylation is 1. The highest BCUT2D eigenvalue weighted by Gasteiger charge is 2.17. The zero-order valence-corrected chi connectivity index (χ0v) is 18.1. The van der Waals surface area contributed by atoms with E-state index in [0.29, 0.717) is 28.4 Å². The smallest absolute Gasteiger partial charge is 0.160 e. The van der Waals surface area contributed by atoms with Crippen LogP contribution >= 0.6 is 0 Å². The second-order valence-electron chi connectivity index (χ2n) is 7.98. The van der Waals surface area contributed by atoms with Crippen molar-refractivity contribution in [1.82, 2.24) is 29.7 Å². The van der Waals surface area contributed by atoms with E-state index in [1.165, 1.54) is 6.07 Å². The van der Waals surface area contributed by atoms with Gasteiger partial charge in [0, 0.05) is 70.2 Å². The molecule has 0 saturated heterocycles. The summed E-state index contributed by atoms with van der Waals surface area (Å²) in [6.07, 6.45) is 8.81. The highest BCUT2D eigenvalue weighted by atomic mass is 19.1. The van der Waals surface area contributed by atoms with E-state index >= 15 is 0 Å². The van der Waals surface area contributed by atoms with Gasteiger partial charge < -0.3 is 5.73 Å². The van der Waals surface area contributed by atoms with Crippen LogP contribution < -0.4 is 5.73 Å². The van der Waals surface area contributed by atoms with Crippen LogP contribution in [0.1, 0.15) is 0 Å². The number of anilines is 1. The first kappa shape index (κ1) is 19.9. The Hall–Kier alpha value is -4.72. The molecule has 0 saturated carbocycles. The van der Waals surface area contributed by atoms with Crippen molar-refractivity contribution in [3.8, 4) is 33.6 Å². The van der Waals surface area contributed by atoms with Crippen molar-refractivity contribution in [3.05, 3.63) is 85.3 Å². The molecule has 0 fully saturated rings. The number of hydrogen-bond donors (Lipinski definition) is 1. The van der Waals surface area contributed by atoms with Gasteiger partial charge in [0.25, 0.3) is 0 Å².